The zero-order valence-corrected chi connectivity index (χ0v) is 14.7. The van der Waals surface area contributed by atoms with Crippen molar-refractivity contribution in [2.45, 2.75) is 59.0 Å². The van der Waals surface area contributed by atoms with Crippen LogP contribution in [0.5, 0.6) is 0 Å². The number of ether oxygens (including phenoxy) is 1. The first-order chi connectivity index (χ1) is 9.44. The highest BCUT2D eigenvalue weighted by Gasteiger charge is 2.44. The fourth-order valence-corrected chi connectivity index (χ4v) is 4.94. The van der Waals surface area contributed by atoms with Crippen LogP contribution in [0.25, 0.3) is 0 Å². The second kappa shape index (κ2) is 7.02. The van der Waals surface area contributed by atoms with E-state index in [-0.39, 0.29) is 5.60 Å². The summed E-state index contributed by atoms with van der Waals surface area (Å²) in [6.45, 7) is 12.8. The maximum atomic E-state index is 6.17. The molecule has 3 heteroatoms. The monoisotopic (exact) mass is 299 g/mol. The second-order valence-electron chi connectivity index (χ2n) is 7.86. The van der Waals surface area contributed by atoms with Crippen molar-refractivity contribution >= 4 is 11.8 Å². The van der Waals surface area contributed by atoms with Crippen LogP contribution in [0.15, 0.2) is 0 Å². The van der Waals surface area contributed by atoms with Gasteiger partial charge in [0.15, 0.2) is 0 Å². The Kier molecular flexibility index (Phi) is 5.84. The zero-order chi connectivity index (χ0) is 14.6. The molecular weight excluding hydrogens is 266 g/mol. The van der Waals surface area contributed by atoms with Crippen LogP contribution in [-0.4, -0.2) is 36.8 Å². The molecule has 0 aromatic rings. The molecule has 0 aromatic heterocycles. The van der Waals surface area contributed by atoms with Crippen LogP contribution in [0.1, 0.15) is 53.4 Å². The van der Waals surface area contributed by atoms with E-state index in [1.165, 1.54) is 37.2 Å². The Bertz CT molecular complexity index is 297. The quantitative estimate of drug-likeness (QED) is 0.750. The fraction of sp³-hybridized carbons (Fsp3) is 1.00. The average Bonchev–Trinajstić information content (AvgIpc) is 2.83. The Balaban J connectivity index is 1.81. The van der Waals surface area contributed by atoms with E-state index < -0.39 is 0 Å². The highest BCUT2D eigenvalue weighted by atomic mass is 32.2. The fourth-order valence-electron chi connectivity index (χ4n) is 3.56. The molecule has 2 saturated heterocycles. The number of hydrogen-bond donors (Lipinski definition) is 1. The summed E-state index contributed by atoms with van der Waals surface area (Å²) in [6, 6.07) is 0. The van der Waals surface area contributed by atoms with Gasteiger partial charge in [-0.2, -0.15) is 11.8 Å². The van der Waals surface area contributed by atoms with Crippen molar-refractivity contribution in [3.8, 4) is 0 Å². The lowest BCUT2D eigenvalue weighted by molar-refractivity contribution is -0.101. The molecule has 2 nitrogen and oxygen atoms in total. The van der Waals surface area contributed by atoms with Gasteiger partial charge in [0.25, 0.3) is 0 Å². The Hall–Kier alpha value is 0.270. The first-order valence-corrected chi connectivity index (χ1v) is 9.51. The van der Waals surface area contributed by atoms with E-state index in [9.17, 15) is 0 Å². The predicted molar refractivity (Wildman–Crippen MR) is 89.5 cm³/mol. The van der Waals surface area contributed by atoms with E-state index in [4.69, 9.17) is 4.74 Å². The van der Waals surface area contributed by atoms with Gasteiger partial charge in [-0.15, -0.1) is 0 Å². The van der Waals surface area contributed by atoms with Gasteiger partial charge < -0.3 is 10.1 Å². The third-order valence-corrected chi connectivity index (χ3v) is 6.39. The third kappa shape index (κ3) is 4.38. The molecule has 20 heavy (non-hydrogen) atoms. The first-order valence-electron chi connectivity index (χ1n) is 8.36. The van der Waals surface area contributed by atoms with Crippen LogP contribution >= 0.6 is 11.8 Å². The van der Waals surface area contributed by atoms with Crippen LogP contribution in [0, 0.1) is 17.3 Å². The number of thioether (sulfide) groups is 1. The lowest BCUT2D eigenvalue weighted by Gasteiger charge is -2.44. The minimum Gasteiger partial charge on any atom is -0.374 e. The van der Waals surface area contributed by atoms with Crippen molar-refractivity contribution in [2.24, 2.45) is 17.3 Å². The van der Waals surface area contributed by atoms with E-state index in [1.54, 1.807) is 0 Å². The summed E-state index contributed by atoms with van der Waals surface area (Å²) in [7, 11) is 0. The molecule has 2 aliphatic heterocycles. The smallest absolute Gasteiger partial charge is 0.0783 e. The molecule has 0 radical (unpaired) electrons. The molecule has 2 rings (SSSR count). The van der Waals surface area contributed by atoms with Gasteiger partial charge in [0.2, 0.25) is 0 Å². The molecule has 0 bridgehead atoms. The van der Waals surface area contributed by atoms with Gasteiger partial charge in [-0.3, -0.25) is 0 Å². The van der Waals surface area contributed by atoms with Crippen molar-refractivity contribution in [1.82, 2.24) is 5.32 Å². The number of hydrogen-bond acceptors (Lipinski definition) is 3. The van der Waals surface area contributed by atoms with E-state index in [0.29, 0.717) is 5.41 Å². The Morgan fingerprint density at radius 1 is 1.40 bits per heavy atom. The van der Waals surface area contributed by atoms with Gasteiger partial charge >= 0.3 is 0 Å². The lowest BCUT2D eigenvalue weighted by atomic mass is 9.68. The van der Waals surface area contributed by atoms with Crippen LogP contribution in [0.3, 0.4) is 0 Å². The Morgan fingerprint density at radius 3 is 2.85 bits per heavy atom. The predicted octanol–water partition coefficient (Wildman–Crippen LogP) is 3.95. The van der Waals surface area contributed by atoms with E-state index >= 15 is 0 Å². The topological polar surface area (TPSA) is 21.3 Å². The van der Waals surface area contributed by atoms with Crippen molar-refractivity contribution < 1.29 is 4.74 Å². The average molecular weight is 300 g/mol. The van der Waals surface area contributed by atoms with E-state index in [2.05, 4.69) is 44.8 Å². The number of nitrogens with one attached hydrogen (secondary N) is 1. The molecule has 2 atom stereocenters. The van der Waals surface area contributed by atoms with Gasteiger partial charge in [-0.05, 0) is 61.8 Å². The molecule has 2 aliphatic rings. The molecular formula is C17H33NOS. The zero-order valence-electron chi connectivity index (χ0n) is 13.8. The first kappa shape index (κ1) is 16.6. The van der Waals surface area contributed by atoms with Gasteiger partial charge in [0.1, 0.15) is 0 Å². The molecule has 2 fully saturated rings. The maximum Gasteiger partial charge on any atom is 0.0783 e. The summed E-state index contributed by atoms with van der Waals surface area (Å²) in [5.74, 6) is 4.10. The molecule has 0 saturated carbocycles. The summed E-state index contributed by atoms with van der Waals surface area (Å²) in [5.41, 5.74) is 0.671. The summed E-state index contributed by atoms with van der Waals surface area (Å²) >= 11 is 2.08. The minimum atomic E-state index is 0.232. The largest absolute Gasteiger partial charge is 0.374 e. The van der Waals surface area contributed by atoms with Crippen molar-refractivity contribution in [3.05, 3.63) is 0 Å². The second-order valence-corrected chi connectivity index (χ2v) is 8.97. The molecule has 0 amide bonds. The van der Waals surface area contributed by atoms with Crippen molar-refractivity contribution in [2.75, 3.05) is 31.2 Å². The van der Waals surface area contributed by atoms with Crippen LogP contribution in [-0.2, 0) is 4.74 Å². The summed E-state index contributed by atoms with van der Waals surface area (Å²) in [4.78, 5) is 0. The SMILES string of the molecule is CC(C)CNCCC(C)(C)C1CCOC2(CCSC2)C1. The van der Waals surface area contributed by atoms with Crippen LogP contribution in [0.2, 0.25) is 0 Å². The summed E-state index contributed by atoms with van der Waals surface area (Å²) in [6.07, 6.45) is 5.10. The van der Waals surface area contributed by atoms with Crippen molar-refractivity contribution in [1.29, 1.82) is 0 Å². The molecule has 1 spiro atoms. The normalized spacial score (nSPS) is 31.4. The highest BCUT2D eigenvalue weighted by Crippen LogP contribution is 2.46. The molecule has 1 N–H and O–H groups in total. The molecule has 0 aromatic carbocycles. The Labute approximate surface area is 129 Å². The van der Waals surface area contributed by atoms with E-state index in [0.717, 1.165) is 31.5 Å². The van der Waals surface area contributed by atoms with Gasteiger partial charge in [-0.1, -0.05) is 27.7 Å². The molecule has 2 unspecified atom stereocenters. The van der Waals surface area contributed by atoms with Crippen LogP contribution < -0.4 is 5.32 Å². The lowest BCUT2D eigenvalue weighted by Crippen LogP contribution is -2.44. The molecule has 0 aliphatic carbocycles. The molecule has 118 valence electrons. The van der Waals surface area contributed by atoms with Gasteiger partial charge in [0.05, 0.1) is 5.60 Å². The third-order valence-electron chi connectivity index (χ3n) is 5.16. The Morgan fingerprint density at radius 2 is 2.20 bits per heavy atom. The van der Waals surface area contributed by atoms with Crippen molar-refractivity contribution in [3.63, 3.8) is 0 Å². The molecule has 2 heterocycles. The standard InChI is InChI=1S/C17H33NOS/c1-14(2)12-18-8-6-16(3,4)15-5-9-19-17(11-15)7-10-20-13-17/h14-15,18H,5-13H2,1-4H3. The van der Waals surface area contributed by atoms with E-state index in [1.807, 2.05) is 0 Å². The highest BCUT2D eigenvalue weighted by molar-refractivity contribution is 7.99. The minimum absolute atomic E-state index is 0.232. The van der Waals surface area contributed by atoms with Gasteiger partial charge in [-0.25, -0.2) is 0 Å². The maximum absolute atomic E-state index is 6.17. The summed E-state index contributed by atoms with van der Waals surface area (Å²) < 4.78 is 6.17. The van der Waals surface area contributed by atoms with Crippen LogP contribution in [0.4, 0.5) is 0 Å². The number of rotatable bonds is 6. The summed E-state index contributed by atoms with van der Waals surface area (Å²) in [5, 5.41) is 3.61. The van der Waals surface area contributed by atoms with Gasteiger partial charge in [0, 0.05) is 12.4 Å².